The molecule has 0 aliphatic carbocycles. The molecule has 0 saturated carbocycles. The molecule has 17 heavy (non-hydrogen) atoms. The third-order valence-corrected chi connectivity index (χ3v) is 2.89. The molecule has 0 bridgehead atoms. The average Bonchev–Trinajstić information content (AvgIpc) is 2.30. The first-order valence-corrected chi connectivity index (χ1v) is 5.41. The van der Waals surface area contributed by atoms with Gasteiger partial charge in [0.25, 0.3) is 5.69 Å². The van der Waals surface area contributed by atoms with Gasteiger partial charge in [0.2, 0.25) is 0 Å². The molecule has 1 aromatic rings. The minimum absolute atomic E-state index is 0.0691. The highest BCUT2D eigenvalue weighted by Crippen LogP contribution is 2.25. The number of rotatable bonds is 2. The van der Waals surface area contributed by atoms with Crippen molar-refractivity contribution in [2.75, 3.05) is 43.9 Å². The van der Waals surface area contributed by atoms with Crippen LogP contribution in [-0.2, 0) is 0 Å². The zero-order valence-corrected chi connectivity index (χ0v) is 9.67. The Morgan fingerprint density at radius 2 is 2.06 bits per heavy atom. The molecule has 1 aliphatic rings. The van der Waals surface area contributed by atoms with Crippen molar-refractivity contribution in [2.45, 2.75) is 0 Å². The number of hydrogen-bond acceptors (Lipinski definition) is 6. The molecule has 0 amide bonds. The van der Waals surface area contributed by atoms with Crippen LogP contribution in [-0.4, -0.2) is 48.0 Å². The highest BCUT2D eigenvalue weighted by atomic mass is 16.6. The Labute approximate surface area is 99.0 Å². The SMILES string of the molecule is CN1CCN(c2ncc([N+](=O)[O-])cc2N)CC1. The summed E-state index contributed by atoms with van der Waals surface area (Å²) in [6, 6.07) is 1.36. The molecule has 0 atom stereocenters. The fourth-order valence-corrected chi connectivity index (χ4v) is 1.85. The summed E-state index contributed by atoms with van der Waals surface area (Å²) >= 11 is 0. The maximum Gasteiger partial charge on any atom is 0.289 e. The molecular weight excluding hydrogens is 222 g/mol. The molecule has 7 heteroatoms. The van der Waals surface area contributed by atoms with E-state index in [4.69, 9.17) is 5.73 Å². The smallest absolute Gasteiger partial charge is 0.289 e. The Morgan fingerprint density at radius 3 is 2.59 bits per heavy atom. The molecule has 0 unspecified atom stereocenters. The molecule has 0 radical (unpaired) electrons. The van der Waals surface area contributed by atoms with Gasteiger partial charge in [0.1, 0.15) is 6.20 Å². The van der Waals surface area contributed by atoms with Crippen LogP contribution in [0.3, 0.4) is 0 Å². The van der Waals surface area contributed by atoms with Crippen molar-refractivity contribution in [3.63, 3.8) is 0 Å². The number of piperazine rings is 1. The summed E-state index contributed by atoms with van der Waals surface area (Å²) in [5, 5.41) is 10.6. The van der Waals surface area contributed by atoms with Crippen LogP contribution in [0.15, 0.2) is 12.3 Å². The van der Waals surface area contributed by atoms with Gasteiger partial charge in [-0.15, -0.1) is 0 Å². The zero-order chi connectivity index (χ0) is 12.4. The van der Waals surface area contributed by atoms with Gasteiger partial charge in [-0.3, -0.25) is 10.1 Å². The van der Waals surface area contributed by atoms with Crippen molar-refractivity contribution in [3.05, 3.63) is 22.4 Å². The lowest BCUT2D eigenvalue weighted by molar-refractivity contribution is -0.385. The third-order valence-electron chi connectivity index (χ3n) is 2.89. The van der Waals surface area contributed by atoms with E-state index in [1.807, 2.05) is 0 Å². The Kier molecular flexibility index (Phi) is 3.10. The Balaban J connectivity index is 2.19. The van der Waals surface area contributed by atoms with Gasteiger partial charge in [-0.2, -0.15) is 0 Å². The Bertz CT molecular complexity index is 429. The van der Waals surface area contributed by atoms with Gasteiger partial charge >= 0.3 is 0 Å². The maximum atomic E-state index is 10.6. The number of pyridine rings is 1. The monoisotopic (exact) mass is 237 g/mol. The first-order valence-electron chi connectivity index (χ1n) is 5.41. The number of likely N-dealkylation sites (N-methyl/N-ethyl adjacent to an activating group) is 1. The van der Waals surface area contributed by atoms with E-state index < -0.39 is 4.92 Å². The molecule has 0 spiro atoms. The van der Waals surface area contributed by atoms with Gasteiger partial charge in [-0.25, -0.2) is 4.98 Å². The number of nitro groups is 1. The van der Waals surface area contributed by atoms with Crippen LogP contribution in [0.5, 0.6) is 0 Å². The molecule has 1 aromatic heterocycles. The van der Waals surface area contributed by atoms with Crippen molar-refractivity contribution in [2.24, 2.45) is 0 Å². The van der Waals surface area contributed by atoms with Crippen LogP contribution in [0.25, 0.3) is 0 Å². The minimum atomic E-state index is -0.489. The van der Waals surface area contributed by atoms with Crippen LogP contribution in [0.1, 0.15) is 0 Å². The lowest BCUT2D eigenvalue weighted by Crippen LogP contribution is -2.45. The van der Waals surface area contributed by atoms with Gasteiger partial charge in [0, 0.05) is 32.2 Å². The summed E-state index contributed by atoms with van der Waals surface area (Å²) in [6.07, 6.45) is 1.25. The first-order chi connectivity index (χ1) is 8.08. The number of anilines is 2. The fraction of sp³-hybridized carbons (Fsp3) is 0.500. The van der Waals surface area contributed by atoms with Crippen molar-refractivity contribution in [1.82, 2.24) is 9.88 Å². The normalized spacial score (nSPS) is 17.1. The van der Waals surface area contributed by atoms with Gasteiger partial charge in [0.05, 0.1) is 10.6 Å². The average molecular weight is 237 g/mol. The van der Waals surface area contributed by atoms with E-state index in [9.17, 15) is 10.1 Å². The van der Waals surface area contributed by atoms with E-state index in [-0.39, 0.29) is 5.69 Å². The fourth-order valence-electron chi connectivity index (χ4n) is 1.85. The minimum Gasteiger partial charge on any atom is -0.396 e. The molecular formula is C10H15N5O2. The number of nitrogens with two attached hydrogens (primary N) is 1. The van der Waals surface area contributed by atoms with E-state index in [0.29, 0.717) is 11.5 Å². The van der Waals surface area contributed by atoms with E-state index in [1.165, 1.54) is 12.3 Å². The van der Waals surface area contributed by atoms with Crippen molar-refractivity contribution >= 4 is 17.2 Å². The molecule has 1 fully saturated rings. The number of aromatic nitrogens is 1. The summed E-state index contributed by atoms with van der Waals surface area (Å²) in [7, 11) is 2.06. The van der Waals surface area contributed by atoms with Gasteiger partial charge in [0.15, 0.2) is 5.82 Å². The molecule has 2 heterocycles. The lowest BCUT2D eigenvalue weighted by atomic mass is 10.3. The second-order valence-corrected chi connectivity index (χ2v) is 4.15. The highest BCUT2D eigenvalue weighted by Gasteiger charge is 2.19. The maximum absolute atomic E-state index is 10.6. The summed E-state index contributed by atoms with van der Waals surface area (Å²) in [5.74, 6) is 0.642. The van der Waals surface area contributed by atoms with Crippen LogP contribution < -0.4 is 10.6 Å². The van der Waals surface area contributed by atoms with Gasteiger partial charge in [-0.1, -0.05) is 0 Å². The Hall–Kier alpha value is -1.89. The molecule has 0 aromatic carbocycles. The van der Waals surface area contributed by atoms with Crippen molar-refractivity contribution in [1.29, 1.82) is 0 Å². The van der Waals surface area contributed by atoms with E-state index in [1.54, 1.807) is 0 Å². The molecule has 2 N–H and O–H groups in total. The summed E-state index contributed by atoms with van der Waals surface area (Å²) < 4.78 is 0. The van der Waals surface area contributed by atoms with Crippen LogP contribution in [0.2, 0.25) is 0 Å². The standard InChI is InChI=1S/C10H15N5O2/c1-13-2-4-14(5-3-13)10-9(11)6-8(7-12-10)15(16)17/h6-7H,2-5,11H2,1H3. The predicted octanol–water partition coefficient (Wildman–Crippen LogP) is 0.324. The molecule has 1 saturated heterocycles. The third kappa shape index (κ3) is 2.44. The first kappa shape index (κ1) is 11.6. The van der Waals surface area contributed by atoms with Crippen molar-refractivity contribution in [3.8, 4) is 0 Å². The molecule has 1 aliphatic heterocycles. The van der Waals surface area contributed by atoms with Gasteiger partial charge in [-0.05, 0) is 7.05 Å². The van der Waals surface area contributed by atoms with E-state index in [0.717, 1.165) is 26.2 Å². The number of nitrogen functional groups attached to an aromatic ring is 1. The summed E-state index contributed by atoms with van der Waals surface area (Å²) in [4.78, 5) is 18.4. The second-order valence-electron chi connectivity index (χ2n) is 4.15. The summed E-state index contributed by atoms with van der Waals surface area (Å²) in [6.45, 7) is 3.56. The van der Waals surface area contributed by atoms with Gasteiger partial charge < -0.3 is 15.5 Å². The van der Waals surface area contributed by atoms with E-state index >= 15 is 0 Å². The topological polar surface area (TPSA) is 88.5 Å². The van der Waals surface area contributed by atoms with Crippen LogP contribution in [0.4, 0.5) is 17.2 Å². The molecule has 92 valence electrons. The van der Waals surface area contributed by atoms with Crippen LogP contribution in [0, 0.1) is 10.1 Å². The zero-order valence-electron chi connectivity index (χ0n) is 9.67. The largest absolute Gasteiger partial charge is 0.396 e. The highest BCUT2D eigenvalue weighted by molar-refractivity contribution is 5.65. The quantitative estimate of drug-likeness (QED) is 0.588. The second kappa shape index (κ2) is 4.54. The molecule has 7 nitrogen and oxygen atoms in total. The van der Waals surface area contributed by atoms with Crippen molar-refractivity contribution < 1.29 is 4.92 Å². The molecule has 2 rings (SSSR count). The van der Waals surface area contributed by atoms with Crippen LogP contribution >= 0.6 is 0 Å². The predicted molar refractivity (Wildman–Crippen MR) is 65.0 cm³/mol. The number of nitrogens with zero attached hydrogens (tertiary/aromatic N) is 4. The Morgan fingerprint density at radius 1 is 1.41 bits per heavy atom. The van der Waals surface area contributed by atoms with E-state index in [2.05, 4.69) is 21.8 Å². The lowest BCUT2D eigenvalue weighted by Gasteiger charge is -2.33. The number of hydrogen-bond donors (Lipinski definition) is 1. The summed E-state index contributed by atoms with van der Waals surface area (Å²) in [5.41, 5.74) is 6.10.